The van der Waals surface area contributed by atoms with Gasteiger partial charge in [-0.3, -0.25) is 0 Å². The minimum atomic E-state index is -0.269. The van der Waals surface area contributed by atoms with Crippen LogP contribution >= 0.6 is 11.3 Å². The van der Waals surface area contributed by atoms with Gasteiger partial charge >= 0.3 is 5.97 Å². The lowest BCUT2D eigenvalue weighted by molar-refractivity contribution is 0.0606. The molecule has 0 fully saturated rings. The fourth-order valence-electron chi connectivity index (χ4n) is 1.73. The van der Waals surface area contributed by atoms with Gasteiger partial charge in [-0.15, -0.1) is 11.3 Å². The second kappa shape index (κ2) is 5.36. The highest BCUT2D eigenvalue weighted by molar-refractivity contribution is 7.20. The molecule has 0 aliphatic carbocycles. The van der Waals surface area contributed by atoms with E-state index >= 15 is 0 Å². The van der Waals surface area contributed by atoms with Crippen LogP contribution in [0.4, 0.5) is 0 Å². The van der Waals surface area contributed by atoms with Gasteiger partial charge in [0.1, 0.15) is 4.88 Å². The van der Waals surface area contributed by atoms with Crippen molar-refractivity contribution in [2.24, 2.45) is 5.92 Å². The Kier molecular flexibility index (Phi) is 3.82. The SMILES string of the molecule is COC(=O)c1cc2c(/C=C/C(C)C)cccc2s1. The lowest BCUT2D eigenvalue weighted by atomic mass is 10.1. The molecule has 2 aromatic rings. The minimum absolute atomic E-state index is 0.269. The van der Waals surface area contributed by atoms with Crippen molar-refractivity contribution in [3.05, 3.63) is 40.8 Å². The summed E-state index contributed by atoms with van der Waals surface area (Å²) < 4.78 is 5.87. The van der Waals surface area contributed by atoms with Crippen LogP contribution in [0.15, 0.2) is 30.3 Å². The summed E-state index contributed by atoms with van der Waals surface area (Å²) in [6, 6.07) is 8.01. The Labute approximate surface area is 111 Å². The molecule has 94 valence electrons. The van der Waals surface area contributed by atoms with E-state index in [9.17, 15) is 4.79 Å². The van der Waals surface area contributed by atoms with Gasteiger partial charge in [-0.05, 0) is 23.6 Å². The van der Waals surface area contributed by atoms with E-state index in [2.05, 4.69) is 32.1 Å². The molecular weight excluding hydrogens is 244 g/mol. The summed E-state index contributed by atoms with van der Waals surface area (Å²) in [4.78, 5) is 12.2. The third-order valence-electron chi connectivity index (χ3n) is 2.64. The van der Waals surface area contributed by atoms with Gasteiger partial charge in [0, 0.05) is 10.1 Å². The first-order chi connectivity index (χ1) is 8.61. The Hall–Kier alpha value is -1.61. The Bertz CT molecular complexity index is 594. The maximum Gasteiger partial charge on any atom is 0.348 e. The molecule has 0 saturated heterocycles. The third-order valence-corrected chi connectivity index (χ3v) is 3.72. The Morgan fingerprint density at radius 2 is 2.17 bits per heavy atom. The van der Waals surface area contributed by atoms with Gasteiger partial charge in [-0.2, -0.15) is 0 Å². The van der Waals surface area contributed by atoms with E-state index in [0.29, 0.717) is 10.8 Å². The molecule has 0 unspecified atom stereocenters. The number of hydrogen-bond donors (Lipinski definition) is 0. The zero-order valence-corrected chi connectivity index (χ0v) is 11.6. The van der Waals surface area contributed by atoms with Gasteiger partial charge in [0.2, 0.25) is 0 Å². The van der Waals surface area contributed by atoms with Crippen LogP contribution in [0.2, 0.25) is 0 Å². The highest BCUT2D eigenvalue weighted by Gasteiger charge is 2.11. The van der Waals surface area contributed by atoms with E-state index in [4.69, 9.17) is 4.74 Å². The first kappa shape index (κ1) is 12.8. The van der Waals surface area contributed by atoms with Crippen molar-refractivity contribution < 1.29 is 9.53 Å². The van der Waals surface area contributed by atoms with E-state index in [1.807, 2.05) is 18.2 Å². The smallest absolute Gasteiger partial charge is 0.348 e. The molecule has 0 saturated carbocycles. The average Bonchev–Trinajstić information content (AvgIpc) is 2.79. The molecule has 18 heavy (non-hydrogen) atoms. The van der Waals surface area contributed by atoms with Crippen LogP contribution in [0.5, 0.6) is 0 Å². The summed E-state index contributed by atoms with van der Waals surface area (Å²) in [7, 11) is 1.41. The molecule has 0 bridgehead atoms. The second-order valence-corrected chi connectivity index (χ2v) is 5.55. The fraction of sp³-hybridized carbons (Fsp3) is 0.267. The quantitative estimate of drug-likeness (QED) is 0.767. The van der Waals surface area contributed by atoms with Crippen molar-refractivity contribution in [2.45, 2.75) is 13.8 Å². The number of carbonyl (C=O) groups is 1. The Balaban J connectivity index is 2.49. The molecular formula is C15H16O2S. The molecule has 0 amide bonds. The number of thiophene rings is 1. The normalized spacial score (nSPS) is 11.6. The predicted octanol–water partition coefficient (Wildman–Crippen LogP) is 4.36. The molecule has 1 aromatic heterocycles. The minimum Gasteiger partial charge on any atom is -0.465 e. The second-order valence-electron chi connectivity index (χ2n) is 4.46. The lowest BCUT2D eigenvalue weighted by Crippen LogP contribution is -1.96. The highest BCUT2D eigenvalue weighted by atomic mass is 32.1. The van der Waals surface area contributed by atoms with Crippen LogP contribution in [0.3, 0.4) is 0 Å². The summed E-state index contributed by atoms with van der Waals surface area (Å²) in [6.07, 6.45) is 4.27. The van der Waals surface area contributed by atoms with Gasteiger partial charge in [0.05, 0.1) is 7.11 Å². The maximum absolute atomic E-state index is 11.5. The standard InChI is InChI=1S/C15H16O2S/c1-10(2)7-8-11-5-4-6-13-12(11)9-14(18-13)15(16)17-3/h4-10H,1-3H3/b8-7+. The van der Waals surface area contributed by atoms with E-state index in [-0.39, 0.29) is 5.97 Å². The van der Waals surface area contributed by atoms with Crippen molar-refractivity contribution in [1.29, 1.82) is 0 Å². The number of benzene rings is 1. The topological polar surface area (TPSA) is 26.3 Å². The molecule has 0 aliphatic rings. The van der Waals surface area contributed by atoms with E-state index < -0.39 is 0 Å². The molecule has 0 aliphatic heterocycles. The van der Waals surface area contributed by atoms with Crippen molar-refractivity contribution >= 4 is 33.5 Å². The number of methoxy groups -OCH3 is 1. The highest BCUT2D eigenvalue weighted by Crippen LogP contribution is 2.29. The van der Waals surface area contributed by atoms with E-state index in [0.717, 1.165) is 15.6 Å². The molecule has 0 radical (unpaired) electrons. The Morgan fingerprint density at radius 1 is 1.39 bits per heavy atom. The van der Waals surface area contributed by atoms with Crippen LogP contribution in [0, 0.1) is 5.92 Å². The molecule has 0 spiro atoms. The number of allylic oxidation sites excluding steroid dienone is 1. The number of ether oxygens (including phenoxy) is 1. The molecule has 1 heterocycles. The van der Waals surface area contributed by atoms with Crippen LogP contribution in [0.25, 0.3) is 16.2 Å². The van der Waals surface area contributed by atoms with Crippen molar-refractivity contribution in [3.8, 4) is 0 Å². The van der Waals surface area contributed by atoms with Gasteiger partial charge in [0.25, 0.3) is 0 Å². The van der Waals surface area contributed by atoms with Crippen LogP contribution < -0.4 is 0 Å². The van der Waals surface area contributed by atoms with Crippen molar-refractivity contribution in [3.63, 3.8) is 0 Å². The first-order valence-corrected chi connectivity index (χ1v) is 6.72. The van der Waals surface area contributed by atoms with Gasteiger partial charge < -0.3 is 4.74 Å². The average molecular weight is 260 g/mol. The first-order valence-electron chi connectivity index (χ1n) is 5.91. The van der Waals surface area contributed by atoms with Crippen LogP contribution in [0.1, 0.15) is 29.1 Å². The van der Waals surface area contributed by atoms with Crippen molar-refractivity contribution in [2.75, 3.05) is 7.11 Å². The number of fused-ring (bicyclic) bond motifs is 1. The fourth-order valence-corrected chi connectivity index (χ4v) is 2.74. The zero-order chi connectivity index (χ0) is 13.1. The summed E-state index contributed by atoms with van der Waals surface area (Å²) in [6.45, 7) is 4.29. The number of hydrogen-bond acceptors (Lipinski definition) is 3. The lowest BCUT2D eigenvalue weighted by Gasteiger charge is -1.97. The molecule has 0 N–H and O–H groups in total. The van der Waals surface area contributed by atoms with Gasteiger partial charge in [-0.25, -0.2) is 4.79 Å². The molecule has 2 nitrogen and oxygen atoms in total. The summed E-state index contributed by atoms with van der Waals surface area (Å²) in [5, 5.41) is 1.11. The largest absolute Gasteiger partial charge is 0.465 e. The molecule has 0 atom stereocenters. The van der Waals surface area contributed by atoms with Crippen LogP contribution in [-0.4, -0.2) is 13.1 Å². The summed E-state index contributed by atoms with van der Waals surface area (Å²) >= 11 is 1.47. The van der Waals surface area contributed by atoms with E-state index in [1.165, 1.54) is 18.4 Å². The predicted molar refractivity (Wildman–Crippen MR) is 77.0 cm³/mol. The number of esters is 1. The van der Waals surface area contributed by atoms with Gasteiger partial charge in [-0.1, -0.05) is 38.1 Å². The maximum atomic E-state index is 11.5. The Morgan fingerprint density at radius 3 is 2.83 bits per heavy atom. The molecule has 2 rings (SSSR count). The zero-order valence-electron chi connectivity index (χ0n) is 10.8. The monoisotopic (exact) mass is 260 g/mol. The third kappa shape index (κ3) is 2.62. The van der Waals surface area contributed by atoms with Crippen LogP contribution in [-0.2, 0) is 4.74 Å². The summed E-state index contributed by atoms with van der Waals surface area (Å²) in [5.74, 6) is 0.244. The van der Waals surface area contributed by atoms with Crippen molar-refractivity contribution in [1.82, 2.24) is 0 Å². The number of rotatable bonds is 3. The van der Waals surface area contributed by atoms with Gasteiger partial charge in [0.15, 0.2) is 0 Å². The molecule has 3 heteroatoms. The van der Waals surface area contributed by atoms with E-state index in [1.54, 1.807) is 0 Å². The number of carbonyl (C=O) groups excluding carboxylic acids is 1. The molecule has 1 aromatic carbocycles. The summed E-state index contributed by atoms with van der Waals surface area (Å²) in [5.41, 5.74) is 1.15.